The third-order valence-corrected chi connectivity index (χ3v) is 4.71. The van der Waals surface area contributed by atoms with Gasteiger partial charge in [0.05, 0.1) is 0 Å². The monoisotopic (exact) mass is 255 g/mol. The van der Waals surface area contributed by atoms with Gasteiger partial charge in [0.1, 0.15) is 0 Å². The van der Waals surface area contributed by atoms with Gasteiger partial charge in [0, 0.05) is 21.6 Å². The molecule has 0 bridgehead atoms. The summed E-state index contributed by atoms with van der Waals surface area (Å²) in [7, 11) is 0. The smallest absolute Gasteiger partial charge is 0.0438 e. The van der Waals surface area contributed by atoms with Crippen LogP contribution in [0.4, 0.5) is 0 Å². The van der Waals surface area contributed by atoms with Crippen LogP contribution in [-0.4, -0.2) is 17.0 Å². The van der Waals surface area contributed by atoms with Crippen LogP contribution in [0.25, 0.3) is 0 Å². The SMILES string of the molecule is CC1CCNC(c2ccc(Cl)cc2)C(C)S1. The maximum absolute atomic E-state index is 5.92. The number of rotatable bonds is 1. The number of hydrogen-bond donors (Lipinski definition) is 1. The van der Waals surface area contributed by atoms with E-state index in [0.717, 1.165) is 16.8 Å². The zero-order valence-electron chi connectivity index (χ0n) is 9.74. The fraction of sp³-hybridized carbons (Fsp3) is 0.538. The zero-order valence-corrected chi connectivity index (χ0v) is 11.3. The second-order valence-corrected chi connectivity index (χ2v) is 6.68. The second kappa shape index (κ2) is 5.44. The molecule has 1 saturated heterocycles. The maximum atomic E-state index is 5.92. The Kier molecular flexibility index (Phi) is 4.17. The largest absolute Gasteiger partial charge is 0.309 e. The van der Waals surface area contributed by atoms with Crippen LogP contribution in [-0.2, 0) is 0 Å². The van der Waals surface area contributed by atoms with Gasteiger partial charge in [-0.3, -0.25) is 0 Å². The molecule has 1 fully saturated rings. The molecule has 1 aromatic rings. The van der Waals surface area contributed by atoms with E-state index in [1.807, 2.05) is 12.1 Å². The lowest BCUT2D eigenvalue weighted by Crippen LogP contribution is -2.27. The van der Waals surface area contributed by atoms with Crippen molar-refractivity contribution in [1.82, 2.24) is 5.32 Å². The summed E-state index contributed by atoms with van der Waals surface area (Å²) < 4.78 is 0. The van der Waals surface area contributed by atoms with Crippen molar-refractivity contribution < 1.29 is 0 Å². The van der Waals surface area contributed by atoms with E-state index in [1.54, 1.807) is 0 Å². The highest BCUT2D eigenvalue weighted by atomic mass is 35.5. The van der Waals surface area contributed by atoms with Crippen molar-refractivity contribution in [1.29, 1.82) is 0 Å². The summed E-state index contributed by atoms with van der Waals surface area (Å²) in [4.78, 5) is 0. The van der Waals surface area contributed by atoms with Crippen molar-refractivity contribution in [2.45, 2.75) is 36.8 Å². The summed E-state index contributed by atoms with van der Waals surface area (Å²) in [5, 5.41) is 5.80. The van der Waals surface area contributed by atoms with Crippen LogP contribution in [0.5, 0.6) is 0 Å². The minimum absolute atomic E-state index is 0.451. The number of hydrogen-bond acceptors (Lipinski definition) is 2. The molecule has 1 aliphatic rings. The maximum Gasteiger partial charge on any atom is 0.0438 e. The van der Waals surface area contributed by atoms with E-state index < -0.39 is 0 Å². The number of benzene rings is 1. The van der Waals surface area contributed by atoms with E-state index in [9.17, 15) is 0 Å². The molecule has 1 N–H and O–H groups in total. The molecule has 0 saturated carbocycles. The average Bonchev–Trinajstić information content (AvgIpc) is 2.41. The number of halogens is 1. The summed E-state index contributed by atoms with van der Waals surface area (Å²) >= 11 is 7.99. The second-order valence-electron chi connectivity index (χ2n) is 4.42. The van der Waals surface area contributed by atoms with Crippen LogP contribution in [0.1, 0.15) is 31.9 Å². The predicted molar refractivity (Wildman–Crippen MR) is 73.3 cm³/mol. The molecule has 1 aliphatic heterocycles. The molecule has 1 aromatic carbocycles. The van der Waals surface area contributed by atoms with E-state index in [4.69, 9.17) is 11.6 Å². The fourth-order valence-corrected chi connectivity index (χ4v) is 3.70. The molecular weight excluding hydrogens is 238 g/mol. The summed E-state index contributed by atoms with van der Waals surface area (Å²) in [6.45, 7) is 5.72. The molecule has 0 aliphatic carbocycles. The minimum Gasteiger partial charge on any atom is -0.309 e. The topological polar surface area (TPSA) is 12.0 Å². The third kappa shape index (κ3) is 2.93. The number of nitrogens with one attached hydrogen (secondary N) is 1. The molecule has 3 unspecified atom stereocenters. The van der Waals surface area contributed by atoms with Gasteiger partial charge in [-0.25, -0.2) is 0 Å². The lowest BCUT2D eigenvalue weighted by Gasteiger charge is -2.23. The van der Waals surface area contributed by atoms with E-state index in [-0.39, 0.29) is 0 Å². The standard InChI is InChI=1S/C13H18ClNS/c1-9-7-8-15-13(10(2)16-9)11-3-5-12(14)6-4-11/h3-6,9-10,13,15H,7-8H2,1-2H3. The quantitative estimate of drug-likeness (QED) is 0.817. The highest BCUT2D eigenvalue weighted by Crippen LogP contribution is 2.33. The van der Waals surface area contributed by atoms with Crippen molar-refractivity contribution in [3.8, 4) is 0 Å². The van der Waals surface area contributed by atoms with Crippen molar-refractivity contribution >= 4 is 23.4 Å². The third-order valence-electron chi connectivity index (χ3n) is 3.06. The zero-order chi connectivity index (χ0) is 11.5. The Morgan fingerprint density at radius 1 is 1.25 bits per heavy atom. The molecule has 16 heavy (non-hydrogen) atoms. The Labute approximate surface area is 107 Å². The van der Waals surface area contributed by atoms with E-state index in [0.29, 0.717) is 11.3 Å². The Balaban J connectivity index is 2.15. The molecule has 3 atom stereocenters. The molecule has 0 radical (unpaired) electrons. The van der Waals surface area contributed by atoms with Crippen LogP contribution in [0, 0.1) is 0 Å². The predicted octanol–water partition coefficient (Wildman–Crippen LogP) is 3.88. The summed E-state index contributed by atoms with van der Waals surface area (Å²) in [5.41, 5.74) is 1.35. The highest BCUT2D eigenvalue weighted by Gasteiger charge is 2.24. The Bertz CT molecular complexity index is 338. The van der Waals surface area contributed by atoms with Gasteiger partial charge in [-0.2, -0.15) is 11.8 Å². The normalized spacial score (nSPS) is 31.1. The Hall–Kier alpha value is -0.180. The average molecular weight is 256 g/mol. The first kappa shape index (κ1) is 12.3. The number of thioether (sulfide) groups is 1. The van der Waals surface area contributed by atoms with Gasteiger partial charge in [0.25, 0.3) is 0 Å². The Morgan fingerprint density at radius 2 is 1.94 bits per heavy atom. The first-order chi connectivity index (χ1) is 7.66. The van der Waals surface area contributed by atoms with Gasteiger partial charge in [0.2, 0.25) is 0 Å². The summed E-state index contributed by atoms with van der Waals surface area (Å²) in [6, 6.07) is 8.67. The first-order valence-electron chi connectivity index (χ1n) is 5.81. The van der Waals surface area contributed by atoms with Crippen molar-refractivity contribution in [3.05, 3.63) is 34.9 Å². The van der Waals surface area contributed by atoms with E-state index in [1.165, 1.54) is 12.0 Å². The van der Waals surface area contributed by atoms with Crippen LogP contribution >= 0.6 is 23.4 Å². The van der Waals surface area contributed by atoms with Gasteiger partial charge < -0.3 is 5.32 Å². The lowest BCUT2D eigenvalue weighted by atomic mass is 10.0. The van der Waals surface area contributed by atoms with Gasteiger partial charge >= 0.3 is 0 Å². The van der Waals surface area contributed by atoms with Crippen molar-refractivity contribution in [3.63, 3.8) is 0 Å². The molecule has 88 valence electrons. The van der Waals surface area contributed by atoms with Crippen LogP contribution in [0.3, 0.4) is 0 Å². The molecule has 0 aromatic heterocycles. The summed E-state index contributed by atoms with van der Waals surface area (Å²) in [5.74, 6) is 0. The minimum atomic E-state index is 0.451. The highest BCUT2D eigenvalue weighted by molar-refractivity contribution is 8.00. The summed E-state index contributed by atoms with van der Waals surface area (Å²) in [6.07, 6.45) is 1.25. The van der Waals surface area contributed by atoms with Gasteiger partial charge in [0.15, 0.2) is 0 Å². The fourth-order valence-electron chi connectivity index (χ4n) is 2.18. The Morgan fingerprint density at radius 3 is 2.62 bits per heavy atom. The van der Waals surface area contributed by atoms with Crippen molar-refractivity contribution in [2.24, 2.45) is 0 Å². The lowest BCUT2D eigenvalue weighted by molar-refractivity contribution is 0.535. The first-order valence-corrected chi connectivity index (χ1v) is 7.13. The van der Waals surface area contributed by atoms with Crippen LogP contribution in [0.15, 0.2) is 24.3 Å². The van der Waals surface area contributed by atoms with Crippen LogP contribution in [0.2, 0.25) is 5.02 Å². The molecule has 1 heterocycles. The van der Waals surface area contributed by atoms with Gasteiger partial charge in [-0.1, -0.05) is 37.6 Å². The molecule has 3 heteroatoms. The molecule has 0 amide bonds. The van der Waals surface area contributed by atoms with Gasteiger partial charge in [-0.15, -0.1) is 0 Å². The van der Waals surface area contributed by atoms with E-state index in [2.05, 4.69) is 43.1 Å². The van der Waals surface area contributed by atoms with Crippen molar-refractivity contribution in [2.75, 3.05) is 6.54 Å². The van der Waals surface area contributed by atoms with Gasteiger partial charge in [-0.05, 0) is 30.7 Å². The molecular formula is C13H18ClNS. The van der Waals surface area contributed by atoms with E-state index >= 15 is 0 Å². The molecule has 2 rings (SSSR count). The molecule has 1 nitrogen and oxygen atoms in total. The van der Waals surface area contributed by atoms with Crippen LogP contribution < -0.4 is 5.32 Å². The molecule has 0 spiro atoms.